The molecule has 0 aliphatic carbocycles. The molecule has 0 amide bonds. The van der Waals surface area contributed by atoms with Gasteiger partial charge in [0.25, 0.3) is 0 Å². The maximum atomic E-state index is 6.30. The molecule has 3 aliphatic rings. The van der Waals surface area contributed by atoms with Gasteiger partial charge in [-0.15, -0.1) is 0 Å². The summed E-state index contributed by atoms with van der Waals surface area (Å²) in [5, 5.41) is 4.46. The van der Waals surface area contributed by atoms with Crippen LogP contribution in [0.2, 0.25) is 0 Å². The third kappa shape index (κ3) is 3.04. The predicted octanol–water partition coefficient (Wildman–Crippen LogP) is 2.97. The van der Waals surface area contributed by atoms with Gasteiger partial charge in [-0.2, -0.15) is 11.3 Å². The highest BCUT2D eigenvalue weighted by atomic mass is 32.1. The number of thiophene rings is 1. The molecule has 3 fully saturated rings. The summed E-state index contributed by atoms with van der Waals surface area (Å²) >= 11 is 1.80. The van der Waals surface area contributed by atoms with Crippen LogP contribution in [-0.2, 0) is 11.3 Å². The van der Waals surface area contributed by atoms with Crippen molar-refractivity contribution >= 4 is 11.3 Å². The van der Waals surface area contributed by atoms with E-state index in [-0.39, 0.29) is 5.60 Å². The first kappa shape index (κ1) is 14.2. The van der Waals surface area contributed by atoms with Crippen molar-refractivity contribution in [1.29, 1.82) is 0 Å². The van der Waals surface area contributed by atoms with E-state index in [9.17, 15) is 0 Å². The third-order valence-corrected chi connectivity index (χ3v) is 6.24. The summed E-state index contributed by atoms with van der Waals surface area (Å²) in [6.45, 7) is 7.03. The first-order valence-corrected chi connectivity index (χ1v) is 9.39. The topological polar surface area (TPSA) is 15.7 Å². The molecule has 0 saturated carbocycles. The van der Waals surface area contributed by atoms with Crippen LogP contribution in [0.5, 0.6) is 0 Å². The molecule has 1 aromatic heterocycles. The van der Waals surface area contributed by atoms with Crippen LogP contribution in [0.4, 0.5) is 0 Å². The molecule has 4 rings (SSSR count). The third-order valence-electron chi connectivity index (χ3n) is 5.51. The summed E-state index contributed by atoms with van der Waals surface area (Å²) in [4.78, 5) is 5.32. The molecule has 0 N–H and O–H groups in total. The Balaban J connectivity index is 1.38. The molecule has 3 saturated heterocycles. The van der Waals surface area contributed by atoms with Crippen LogP contribution in [0.15, 0.2) is 16.8 Å². The maximum Gasteiger partial charge on any atom is 0.0835 e. The van der Waals surface area contributed by atoms with Gasteiger partial charge in [-0.1, -0.05) is 0 Å². The number of ether oxygens (including phenoxy) is 1. The lowest BCUT2D eigenvalue weighted by Crippen LogP contribution is -2.49. The van der Waals surface area contributed by atoms with Crippen LogP contribution in [0, 0.1) is 0 Å². The van der Waals surface area contributed by atoms with E-state index in [1.54, 1.807) is 11.3 Å². The average molecular weight is 306 g/mol. The van der Waals surface area contributed by atoms with Gasteiger partial charge in [0, 0.05) is 32.3 Å². The van der Waals surface area contributed by atoms with Gasteiger partial charge in [0.2, 0.25) is 0 Å². The highest BCUT2D eigenvalue weighted by molar-refractivity contribution is 7.07. The summed E-state index contributed by atoms with van der Waals surface area (Å²) in [6, 6.07) is 3.03. The lowest BCUT2D eigenvalue weighted by Gasteiger charge is -2.41. The van der Waals surface area contributed by atoms with Gasteiger partial charge >= 0.3 is 0 Å². The average Bonchev–Trinajstić information content (AvgIpc) is 3.22. The first-order chi connectivity index (χ1) is 10.3. The lowest BCUT2D eigenvalue weighted by atomic mass is 9.89. The molecule has 3 nitrogen and oxygen atoms in total. The van der Waals surface area contributed by atoms with E-state index in [0.29, 0.717) is 0 Å². The second-order valence-electron chi connectivity index (χ2n) is 7.01. The molecule has 21 heavy (non-hydrogen) atoms. The van der Waals surface area contributed by atoms with E-state index < -0.39 is 0 Å². The summed E-state index contributed by atoms with van der Waals surface area (Å²) in [7, 11) is 0. The largest absolute Gasteiger partial charge is 0.373 e. The number of rotatable bonds is 3. The Morgan fingerprint density at radius 1 is 1.29 bits per heavy atom. The molecule has 0 unspecified atom stereocenters. The Morgan fingerprint density at radius 3 is 3.00 bits per heavy atom. The normalized spacial score (nSPS) is 35.0. The minimum atomic E-state index is 0.154. The van der Waals surface area contributed by atoms with E-state index in [2.05, 4.69) is 26.6 Å². The van der Waals surface area contributed by atoms with Crippen molar-refractivity contribution in [2.45, 2.75) is 50.3 Å². The van der Waals surface area contributed by atoms with Crippen molar-refractivity contribution in [3.8, 4) is 0 Å². The molecule has 1 aromatic rings. The molecule has 2 atom stereocenters. The van der Waals surface area contributed by atoms with Gasteiger partial charge in [0.15, 0.2) is 0 Å². The van der Waals surface area contributed by atoms with Gasteiger partial charge in [-0.3, -0.25) is 4.90 Å². The predicted molar refractivity (Wildman–Crippen MR) is 86.7 cm³/mol. The van der Waals surface area contributed by atoms with E-state index >= 15 is 0 Å². The summed E-state index contributed by atoms with van der Waals surface area (Å²) < 4.78 is 6.30. The smallest absolute Gasteiger partial charge is 0.0835 e. The zero-order chi connectivity index (χ0) is 14.1. The highest BCUT2D eigenvalue weighted by Crippen LogP contribution is 2.37. The Hall–Kier alpha value is -0.420. The second-order valence-corrected chi connectivity index (χ2v) is 7.79. The van der Waals surface area contributed by atoms with Gasteiger partial charge in [-0.25, -0.2) is 0 Å². The van der Waals surface area contributed by atoms with Crippen molar-refractivity contribution in [2.75, 3.05) is 32.8 Å². The molecule has 3 aliphatic heterocycles. The molecule has 1 spiro atoms. The standard InChI is InChI=1S/C17H26N2OS/c1-2-7-19(6-1)16-3-9-20-17(11-16)5-8-18(14-17)12-15-4-10-21-13-15/h4,10,13,16H,1-3,5-9,11-12,14H2/t16-,17+/m0/s1. The van der Waals surface area contributed by atoms with Crippen LogP contribution in [0.1, 0.15) is 37.7 Å². The molecule has 0 radical (unpaired) electrons. The first-order valence-electron chi connectivity index (χ1n) is 8.44. The molecule has 0 aromatic carbocycles. The summed E-state index contributed by atoms with van der Waals surface area (Å²) in [5.41, 5.74) is 1.62. The molecular formula is C17H26N2OS. The summed E-state index contributed by atoms with van der Waals surface area (Å²) in [6.07, 6.45) is 6.52. The maximum absolute atomic E-state index is 6.30. The van der Waals surface area contributed by atoms with Crippen molar-refractivity contribution < 1.29 is 4.74 Å². The lowest BCUT2D eigenvalue weighted by molar-refractivity contribution is -0.0961. The second kappa shape index (κ2) is 5.99. The number of hydrogen-bond acceptors (Lipinski definition) is 4. The van der Waals surface area contributed by atoms with E-state index in [1.807, 2.05) is 0 Å². The number of hydrogen-bond donors (Lipinski definition) is 0. The monoisotopic (exact) mass is 306 g/mol. The molecule has 4 heteroatoms. The summed E-state index contributed by atoms with van der Waals surface area (Å²) in [5.74, 6) is 0. The van der Waals surface area contributed by atoms with Gasteiger partial charge in [-0.05, 0) is 67.6 Å². The van der Waals surface area contributed by atoms with Crippen LogP contribution < -0.4 is 0 Å². The molecular weight excluding hydrogens is 280 g/mol. The van der Waals surface area contributed by atoms with E-state index in [4.69, 9.17) is 4.74 Å². The van der Waals surface area contributed by atoms with Gasteiger partial charge < -0.3 is 9.64 Å². The quantitative estimate of drug-likeness (QED) is 0.854. The minimum absolute atomic E-state index is 0.154. The highest BCUT2D eigenvalue weighted by Gasteiger charge is 2.44. The fraction of sp³-hybridized carbons (Fsp3) is 0.765. The zero-order valence-electron chi connectivity index (χ0n) is 12.8. The van der Waals surface area contributed by atoms with Crippen molar-refractivity contribution in [2.24, 2.45) is 0 Å². The van der Waals surface area contributed by atoms with Crippen LogP contribution in [-0.4, -0.2) is 54.2 Å². The van der Waals surface area contributed by atoms with Gasteiger partial charge in [0.1, 0.15) is 0 Å². The van der Waals surface area contributed by atoms with E-state index in [1.165, 1.54) is 57.3 Å². The minimum Gasteiger partial charge on any atom is -0.373 e. The molecule has 116 valence electrons. The Bertz CT molecular complexity index is 457. The van der Waals surface area contributed by atoms with Crippen molar-refractivity contribution in [3.05, 3.63) is 22.4 Å². The van der Waals surface area contributed by atoms with Crippen molar-refractivity contribution in [3.63, 3.8) is 0 Å². The van der Waals surface area contributed by atoms with Crippen LogP contribution in [0.3, 0.4) is 0 Å². The number of likely N-dealkylation sites (tertiary alicyclic amines) is 2. The van der Waals surface area contributed by atoms with Crippen LogP contribution in [0.25, 0.3) is 0 Å². The van der Waals surface area contributed by atoms with Crippen molar-refractivity contribution in [1.82, 2.24) is 9.80 Å². The fourth-order valence-electron chi connectivity index (χ4n) is 4.41. The SMILES string of the molecule is c1cc(CN2CC[C@@]3(C[C@@H](N4CCCC4)CCO3)C2)cs1. The van der Waals surface area contributed by atoms with Gasteiger partial charge in [0.05, 0.1) is 5.60 Å². The molecule has 0 bridgehead atoms. The Labute approximate surface area is 131 Å². The van der Waals surface area contributed by atoms with Crippen LogP contribution >= 0.6 is 11.3 Å². The van der Waals surface area contributed by atoms with E-state index in [0.717, 1.165) is 25.7 Å². The Morgan fingerprint density at radius 2 is 2.19 bits per heavy atom. The molecule has 4 heterocycles. The fourth-order valence-corrected chi connectivity index (χ4v) is 5.07. The zero-order valence-corrected chi connectivity index (χ0v) is 13.6. The Kier molecular flexibility index (Phi) is 4.05. The number of nitrogens with zero attached hydrogens (tertiary/aromatic N) is 2.